The third-order valence-electron chi connectivity index (χ3n) is 2.31. The Balaban J connectivity index is 2.86. The molecule has 0 amide bonds. The second-order valence-electron chi connectivity index (χ2n) is 3.39. The largest absolute Gasteiger partial charge is 0.383 e. The Labute approximate surface area is 102 Å². The smallest absolute Gasteiger partial charge is 0.134 e. The lowest BCUT2D eigenvalue weighted by atomic mass is 10.4. The molecule has 0 spiro atoms. The van der Waals surface area contributed by atoms with Crippen LogP contribution < -0.4 is 4.90 Å². The van der Waals surface area contributed by atoms with Crippen molar-refractivity contribution < 1.29 is 4.74 Å². The fourth-order valence-corrected chi connectivity index (χ4v) is 1.60. The molecule has 0 aliphatic carbocycles. The van der Waals surface area contributed by atoms with Crippen molar-refractivity contribution in [2.24, 2.45) is 0 Å². The van der Waals surface area contributed by atoms with Gasteiger partial charge >= 0.3 is 0 Å². The number of nitrogens with zero attached hydrogens (tertiary/aromatic N) is 3. The van der Waals surface area contributed by atoms with E-state index in [1.807, 2.05) is 6.92 Å². The highest BCUT2D eigenvalue weighted by Crippen LogP contribution is 2.16. The molecule has 0 atom stereocenters. The standard InChI is InChI=1S/C11H18ClN3O/c1-4-10-13-9(12)8-11(14-10)15(5-2)6-7-16-3/h8H,4-7H2,1-3H3. The van der Waals surface area contributed by atoms with Crippen molar-refractivity contribution in [1.82, 2.24) is 9.97 Å². The summed E-state index contributed by atoms with van der Waals surface area (Å²) in [6, 6.07) is 1.79. The van der Waals surface area contributed by atoms with Crippen LogP contribution >= 0.6 is 11.6 Å². The predicted molar refractivity (Wildman–Crippen MR) is 66.2 cm³/mol. The van der Waals surface area contributed by atoms with Gasteiger partial charge in [-0.2, -0.15) is 0 Å². The van der Waals surface area contributed by atoms with Gasteiger partial charge in [-0.3, -0.25) is 0 Å². The maximum atomic E-state index is 5.95. The second kappa shape index (κ2) is 6.66. The van der Waals surface area contributed by atoms with E-state index in [0.29, 0.717) is 11.8 Å². The van der Waals surface area contributed by atoms with Crippen LogP contribution in [0.5, 0.6) is 0 Å². The van der Waals surface area contributed by atoms with Crippen molar-refractivity contribution in [3.05, 3.63) is 17.0 Å². The van der Waals surface area contributed by atoms with Crippen LogP contribution in [0.2, 0.25) is 5.15 Å². The van der Waals surface area contributed by atoms with Gasteiger partial charge < -0.3 is 9.64 Å². The van der Waals surface area contributed by atoms with Crippen LogP contribution in [0.4, 0.5) is 5.82 Å². The Kier molecular flexibility index (Phi) is 5.49. The number of hydrogen-bond acceptors (Lipinski definition) is 4. The number of rotatable bonds is 6. The average Bonchev–Trinajstić information content (AvgIpc) is 2.29. The minimum atomic E-state index is 0.498. The van der Waals surface area contributed by atoms with Gasteiger partial charge in [-0.25, -0.2) is 9.97 Å². The minimum absolute atomic E-state index is 0.498. The summed E-state index contributed by atoms with van der Waals surface area (Å²) in [6.07, 6.45) is 0.787. The molecule has 4 nitrogen and oxygen atoms in total. The first-order valence-corrected chi connectivity index (χ1v) is 5.86. The summed E-state index contributed by atoms with van der Waals surface area (Å²) in [5.74, 6) is 1.65. The predicted octanol–water partition coefficient (Wildman–Crippen LogP) is 2.17. The normalized spacial score (nSPS) is 10.5. The molecule has 0 unspecified atom stereocenters. The highest BCUT2D eigenvalue weighted by molar-refractivity contribution is 6.29. The van der Waals surface area contributed by atoms with Crippen molar-refractivity contribution >= 4 is 17.4 Å². The summed E-state index contributed by atoms with van der Waals surface area (Å²) in [7, 11) is 1.69. The topological polar surface area (TPSA) is 38.2 Å². The number of likely N-dealkylation sites (N-methyl/N-ethyl adjacent to an activating group) is 1. The van der Waals surface area contributed by atoms with E-state index < -0.39 is 0 Å². The molecule has 0 fully saturated rings. The molecule has 0 radical (unpaired) electrons. The third kappa shape index (κ3) is 3.61. The zero-order chi connectivity index (χ0) is 12.0. The van der Waals surface area contributed by atoms with E-state index in [2.05, 4.69) is 21.8 Å². The molecule has 0 N–H and O–H groups in total. The van der Waals surface area contributed by atoms with Crippen molar-refractivity contribution in [2.75, 3.05) is 31.7 Å². The maximum absolute atomic E-state index is 5.95. The SMILES string of the molecule is CCc1nc(Cl)cc(N(CC)CCOC)n1. The van der Waals surface area contributed by atoms with Crippen LogP contribution in [0.3, 0.4) is 0 Å². The molecule has 0 bridgehead atoms. The molecule has 90 valence electrons. The van der Waals surface area contributed by atoms with Gasteiger partial charge in [0.1, 0.15) is 16.8 Å². The Hall–Kier alpha value is -0.870. The molecule has 5 heteroatoms. The van der Waals surface area contributed by atoms with Gasteiger partial charge in [0.25, 0.3) is 0 Å². The molecule has 0 saturated heterocycles. The first kappa shape index (κ1) is 13.2. The van der Waals surface area contributed by atoms with Crippen molar-refractivity contribution in [3.8, 4) is 0 Å². The number of aromatic nitrogens is 2. The van der Waals surface area contributed by atoms with Gasteiger partial charge in [0.15, 0.2) is 0 Å². The van der Waals surface area contributed by atoms with E-state index in [4.69, 9.17) is 16.3 Å². The van der Waals surface area contributed by atoms with Crippen LogP contribution in [0.15, 0.2) is 6.07 Å². The molecule has 1 aromatic heterocycles. The van der Waals surface area contributed by atoms with Crippen LogP contribution in [0.25, 0.3) is 0 Å². The lowest BCUT2D eigenvalue weighted by molar-refractivity contribution is 0.205. The van der Waals surface area contributed by atoms with E-state index in [9.17, 15) is 0 Å². The maximum Gasteiger partial charge on any atom is 0.134 e. The fourth-order valence-electron chi connectivity index (χ4n) is 1.41. The Morgan fingerprint density at radius 1 is 1.38 bits per heavy atom. The summed E-state index contributed by atoms with van der Waals surface area (Å²) in [5.41, 5.74) is 0. The molecule has 1 heterocycles. The summed E-state index contributed by atoms with van der Waals surface area (Å²) in [5, 5.41) is 0.498. The molecular weight excluding hydrogens is 226 g/mol. The molecule has 1 aromatic rings. The lowest BCUT2D eigenvalue weighted by Crippen LogP contribution is -2.28. The summed E-state index contributed by atoms with van der Waals surface area (Å²) in [4.78, 5) is 10.7. The number of anilines is 1. The van der Waals surface area contributed by atoms with Crippen LogP contribution in [0, 0.1) is 0 Å². The van der Waals surface area contributed by atoms with E-state index in [-0.39, 0.29) is 0 Å². The number of hydrogen-bond donors (Lipinski definition) is 0. The molecule has 0 aromatic carbocycles. The van der Waals surface area contributed by atoms with Gasteiger partial charge in [-0.05, 0) is 6.92 Å². The van der Waals surface area contributed by atoms with Gasteiger partial charge in [-0.1, -0.05) is 18.5 Å². The molecular formula is C11H18ClN3O. The van der Waals surface area contributed by atoms with E-state index in [1.165, 1.54) is 0 Å². The number of aryl methyl sites for hydroxylation is 1. The first-order chi connectivity index (χ1) is 7.71. The van der Waals surface area contributed by atoms with Crippen molar-refractivity contribution in [1.29, 1.82) is 0 Å². The Morgan fingerprint density at radius 3 is 2.69 bits per heavy atom. The van der Waals surface area contributed by atoms with Crippen LogP contribution in [0.1, 0.15) is 19.7 Å². The van der Waals surface area contributed by atoms with E-state index in [0.717, 1.165) is 31.2 Å². The lowest BCUT2D eigenvalue weighted by Gasteiger charge is -2.21. The zero-order valence-corrected chi connectivity index (χ0v) is 10.8. The first-order valence-electron chi connectivity index (χ1n) is 5.48. The molecule has 0 aliphatic heterocycles. The van der Waals surface area contributed by atoms with E-state index >= 15 is 0 Å². The third-order valence-corrected chi connectivity index (χ3v) is 2.51. The second-order valence-corrected chi connectivity index (χ2v) is 3.78. The molecule has 0 aliphatic rings. The summed E-state index contributed by atoms with van der Waals surface area (Å²) < 4.78 is 5.06. The van der Waals surface area contributed by atoms with Gasteiger partial charge in [0.05, 0.1) is 6.61 Å². The van der Waals surface area contributed by atoms with Gasteiger partial charge in [0.2, 0.25) is 0 Å². The minimum Gasteiger partial charge on any atom is -0.383 e. The zero-order valence-electron chi connectivity index (χ0n) is 10.0. The van der Waals surface area contributed by atoms with Crippen LogP contribution in [-0.2, 0) is 11.2 Å². The quantitative estimate of drug-likeness (QED) is 0.718. The highest BCUT2D eigenvalue weighted by Gasteiger charge is 2.08. The Morgan fingerprint density at radius 2 is 2.12 bits per heavy atom. The van der Waals surface area contributed by atoms with Gasteiger partial charge in [-0.15, -0.1) is 0 Å². The molecule has 0 saturated carbocycles. The summed E-state index contributed by atoms with van der Waals surface area (Å²) in [6.45, 7) is 6.46. The number of methoxy groups -OCH3 is 1. The number of ether oxygens (including phenoxy) is 1. The van der Waals surface area contributed by atoms with Crippen molar-refractivity contribution in [3.63, 3.8) is 0 Å². The molecule has 16 heavy (non-hydrogen) atoms. The van der Waals surface area contributed by atoms with E-state index in [1.54, 1.807) is 13.2 Å². The number of halogens is 1. The highest BCUT2D eigenvalue weighted by atomic mass is 35.5. The average molecular weight is 244 g/mol. The van der Waals surface area contributed by atoms with Crippen molar-refractivity contribution in [2.45, 2.75) is 20.3 Å². The van der Waals surface area contributed by atoms with Gasteiger partial charge in [0, 0.05) is 32.7 Å². The summed E-state index contributed by atoms with van der Waals surface area (Å²) >= 11 is 5.95. The monoisotopic (exact) mass is 243 g/mol. The Bertz CT molecular complexity index is 333. The van der Waals surface area contributed by atoms with Crippen LogP contribution in [-0.4, -0.2) is 36.8 Å². The molecule has 1 rings (SSSR count). The fraction of sp³-hybridized carbons (Fsp3) is 0.636.